The van der Waals surface area contributed by atoms with Crippen LogP contribution in [0.1, 0.15) is 57.8 Å². The standard InChI is InChI=1S/C18H29O2S.BF4/c1-14(2)21(15(3)4)17(12-9-13-18(19)20-5)16-10-7-6-8-11-16;2-1(3,4)5/h6-8,10-11,14-15,17H,9,12-13H2,1-5H3;/q+1;-1. The van der Waals surface area contributed by atoms with Crippen LogP contribution in [0.3, 0.4) is 0 Å². The van der Waals surface area contributed by atoms with Gasteiger partial charge in [0.25, 0.3) is 0 Å². The molecule has 0 radical (unpaired) electrons. The van der Waals surface area contributed by atoms with Gasteiger partial charge in [0.05, 0.1) is 7.11 Å². The van der Waals surface area contributed by atoms with E-state index >= 15 is 0 Å². The van der Waals surface area contributed by atoms with E-state index in [0.29, 0.717) is 33.1 Å². The molecule has 2 nitrogen and oxygen atoms in total. The fourth-order valence-corrected chi connectivity index (χ4v) is 6.18. The van der Waals surface area contributed by atoms with Crippen LogP contribution in [0.4, 0.5) is 17.3 Å². The Morgan fingerprint density at radius 3 is 1.88 bits per heavy atom. The predicted octanol–water partition coefficient (Wildman–Crippen LogP) is 5.81. The second-order valence-corrected chi connectivity index (χ2v) is 9.64. The lowest BCUT2D eigenvalue weighted by Gasteiger charge is -2.25. The second-order valence-electron chi connectivity index (χ2n) is 6.37. The number of hydrogen-bond donors (Lipinski definition) is 0. The van der Waals surface area contributed by atoms with E-state index in [4.69, 9.17) is 4.74 Å². The van der Waals surface area contributed by atoms with Crippen LogP contribution in [0.15, 0.2) is 30.3 Å². The lowest BCUT2D eigenvalue weighted by Crippen LogP contribution is -2.30. The van der Waals surface area contributed by atoms with Crippen molar-refractivity contribution < 1.29 is 26.8 Å². The summed E-state index contributed by atoms with van der Waals surface area (Å²) in [5, 5.41) is 1.86. The van der Waals surface area contributed by atoms with Gasteiger partial charge in [0, 0.05) is 12.0 Å². The highest BCUT2D eigenvalue weighted by Gasteiger charge is 2.37. The zero-order valence-corrected chi connectivity index (χ0v) is 16.9. The summed E-state index contributed by atoms with van der Waals surface area (Å²) in [7, 11) is -4.22. The zero-order chi connectivity index (χ0) is 20.3. The number of halogens is 4. The SMILES string of the molecule is COC(=O)CCCC(c1ccccc1)[S+](C(C)C)C(C)C.F[B-](F)(F)F. The van der Waals surface area contributed by atoms with Gasteiger partial charge in [0.15, 0.2) is 0 Å². The number of ether oxygens (including phenoxy) is 1. The summed E-state index contributed by atoms with van der Waals surface area (Å²) >= 11 is 0. The third kappa shape index (κ3) is 11.4. The normalized spacial score (nSPS) is 12.8. The van der Waals surface area contributed by atoms with Crippen LogP contribution >= 0.6 is 0 Å². The summed E-state index contributed by atoms with van der Waals surface area (Å²) in [4.78, 5) is 11.3. The molecule has 1 atom stereocenters. The number of carbonyl (C=O) groups is 1. The molecule has 1 aromatic rings. The van der Waals surface area contributed by atoms with Crippen molar-refractivity contribution >= 4 is 24.1 Å². The maximum absolute atomic E-state index is 11.3. The third-order valence-corrected chi connectivity index (χ3v) is 7.01. The van der Waals surface area contributed by atoms with E-state index in [1.807, 2.05) is 0 Å². The molecule has 0 bridgehead atoms. The van der Waals surface area contributed by atoms with Gasteiger partial charge in [-0.3, -0.25) is 4.79 Å². The van der Waals surface area contributed by atoms with Crippen LogP contribution in [-0.4, -0.2) is 30.8 Å². The van der Waals surface area contributed by atoms with Gasteiger partial charge in [0.2, 0.25) is 0 Å². The molecule has 1 aromatic carbocycles. The van der Waals surface area contributed by atoms with Gasteiger partial charge >= 0.3 is 13.2 Å². The maximum atomic E-state index is 11.3. The van der Waals surface area contributed by atoms with Gasteiger partial charge in [0.1, 0.15) is 15.7 Å². The molecular formula is C18H29BF4O2S. The molecule has 0 aliphatic carbocycles. The molecule has 0 saturated heterocycles. The Labute approximate surface area is 157 Å². The molecule has 0 N–H and O–H groups in total. The maximum Gasteiger partial charge on any atom is 0.673 e. The van der Waals surface area contributed by atoms with Crippen molar-refractivity contribution in [3.8, 4) is 0 Å². The first-order valence-corrected chi connectivity index (χ1v) is 10.1. The van der Waals surface area contributed by atoms with Crippen LogP contribution in [0, 0.1) is 0 Å². The van der Waals surface area contributed by atoms with E-state index in [2.05, 4.69) is 58.0 Å². The monoisotopic (exact) mass is 396 g/mol. The van der Waals surface area contributed by atoms with Crippen molar-refractivity contribution in [3.05, 3.63) is 35.9 Å². The molecule has 0 aliphatic rings. The molecule has 0 spiro atoms. The number of hydrogen-bond acceptors (Lipinski definition) is 2. The quantitative estimate of drug-likeness (QED) is 0.240. The summed E-state index contributed by atoms with van der Waals surface area (Å²) in [5.41, 5.74) is 1.41. The third-order valence-electron chi connectivity index (χ3n) is 3.66. The Bertz CT molecular complexity index is 496. The molecule has 0 aliphatic heterocycles. The van der Waals surface area contributed by atoms with E-state index in [0.717, 1.165) is 12.8 Å². The van der Waals surface area contributed by atoms with Crippen molar-refractivity contribution in [2.45, 2.75) is 62.7 Å². The topological polar surface area (TPSA) is 26.3 Å². The van der Waals surface area contributed by atoms with Gasteiger partial charge in [-0.05, 0) is 51.4 Å². The number of methoxy groups -OCH3 is 1. The van der Waals surface area contributed by atoms with Gasteiger partial charge in [-0.25, -0.2) is 0 Å². The molecule has 1 rings (SSSR count). The highest BCUT2D eigenvalue weighted by Crippen LogP contribution is 2.35. The summed E-state index contributed by atoms with van der Waals surface area (Å²) in [6.45, 7) is 9.28. The van der Waals surface area contributed by atoms with Crippen LogP contribution in [0.2, 0.25) is 0 Å². The van der Waals surface area contributed by atoms with Crippen molar-refractivity contribution in [2.24, 2.45) is 0 Å². The average molecular weight is 396 g/mol. The molecule has 1 unspecified atom stereocenters. The fourth-order valence-electron chi connectivity index (χ4n) is 2.86. The number of benzene rings is 1. The number of carbonyl (C=O) groups excluding carboxylic acids is 1. The molecule has 0 amide bonds. The van der Waals surface area contributed by atoms with E-state index in [1.165, 1.54) is 12.7 Å². The summed E-state index contributed by atoms with van der Waals surface area (Å²) in [6, 6.07) is 10.8. The van der Waals surface area contributed by atoms with E-state index in [-0.39, 0.29) is 5.97 Å². The minimum Gasteiger partial charge on any atom is -0.469 e. The van der Waals surface area contributed by atoms with Gasteiger partial charge in [-0.15, -0.1) is 0 Å². The van der Waals surface area contributed by atoms with Gasteiger partial charge in [-0.2, -0.15) is 0 Å². The summed E-state index contributed by atoms with van der Waals surface area (Å²) in [6.07, 6.45) is 2.47. The summed E-state index contributed by atoms with van der Waals surface area (Å²) in [5.74, 6) is -0.101. The smallest absolute Gasteiger partial charge is 0.469 e. The Morgan fingerprint density at radius 1 is 1.04 bits per heavy atom. The Morgan fingerprint density at radius 2 is 1.50 bits per heavy atom. The Hall–Kier alpha value is -1.18. The zero-order valence-electron chi connectivity index (χ0n) is 16.1. The van der Waals surface area contributed by atoms with E-state index < -0.39 is 7.25 Å². The number of rotatable bonds is 8. The van der Waals surface area contributed by atoms with Crippen LogP contribution in [0.25, 0.3) is 0 Å². The van der Waals surface area contributed by atoms with E-state index in [1.54, 1.807) is 0 Å². The average Bonchev–Trinajstić information content (AvgIpc) is 2.52. The highest BCUT2D eigenvalue weighted by atomic mass is 32.2. The largest absolute Gasteiger partial charge is 0.673 e. The predicted molar refractivity (Wildman–Crippen MR) is 103 cm³/mol. The first-order chi connectivity index (χ1) is 12.0. The lowest BCUT2D eigenvalue weighted by atomic mass is 10.1. The second kappa shape index (κ2) is 12.3. The lowest BCUT2D eigenvalue weighted by molar-refractivity contribution is -0.140. The summed E-state index contributed by atoms with van der Waals surface area (Å²) < 4.78 is 43.8. The van der Waals surface area contributed by atoms with Gasteiger partial charge < -0.3 is 22.0 Å². The molecule has 0 heterocycles. The van der Waals surface area contributed by atoms with Crippen molar-refractivity contribution in [1.82, 2.24) is 0 Å². The Balaban J connectivity index is 0.00000110. The van der Waals surface area contributed by atoms with E-state index in [9.17, 15) is 22.1 Å². The van der Waals surface area contributed by atoms with Crippen LogP contribution in [-0.2, 0) is 20.4 Å². The highest BCUT2D eigenvalue weighted by molar-refractivity contribution is 7.98. The van der Waals surface area contributed by atoms with Crippen molar-refractivity contribution in [2.75, 3.05) is 7.11 Å². The van der Waals surface area contributed by atoms with Crippen LogP contribution in [0.5, 0.6) is 0 Å². The molecule has 26 heavy (non-hydrogen) atoms. The Kier molecular flexibility index (Phi) is 11.7. The fraction of sp³-hybridized carbons (Fsp3) is 0.611. The molecule has 0 saturated carbocycles. The first-order valence-electron chi connectivity index (χ1n) is 8.67. The van der Waals surface area contributed by atoms with Crippen LogP contribution < -0.4 is 0 Å². The molecule has 0 aromatic heterocycles. The van der Waals surface area contributed by atoms with Crippen molar-refractivity contribution in [1.29, 1.82) is 0 Å². The van der Waals surface area contributed by atoms with Crippen molar-refractivity contribution in [3.63, 3.8) is 0 Å². The minimum absolute atomic E-state index is 0.101. The number of esters is 1. The molecular weight excluding hydrogens is 367 g/mol. The minimum atomic E-state index is -6.00. The molecule has 8 heteroatoms. The molecule has 150 valence electrons. The van der Waals surface area contributed by atoms with Gasteiger partial charge in [-0.1, -0.05) is 30.3 Å². The molecule has 0 fully saturated rings. The first kappa shape index (κ1) is 24.8.